The van der Waals surface area contributed by atoms with E-state index < -0.39 is 0 Å². The van der Waals surface area contributed by atoms with Crippen LogP contribution in [0.3, 0.4) is 0 Å². The van der Waals surface area contributed by atoms with Crippen molar-refractivity contribution in [1.29, 1.82) is 5.26 Å². The fourth-order valence-electron chi connectivity index (χ4n) is 1.49. The normalized spacial score (nSPS) is 28.3. The predicted molar refractivity (Wildman–Crippen MR) is 54.1 cm³/mol. The summed E-state index contributed by atoms with van der Waals surface area (Å²) in [4.78, 5) is 0. The second-order valence-electron chi connectivity index (χ2n) is 3.34. The van der Waals surface area contributed by atoms with Crippen LogP contribution in [-0.4, -0.2) is 10.5 Å². The van der Waals surface area contributed by atoms with Crippen molar-refractivity contribution in [2.75, 3.05) is 5.75 Å². The topological polar surface area (TPSA) is 23.8 Å². The van der Waals surface area contributed by atoms with E-state index in [1.54, 1.807) is 0 Å². The molecule has 1 atom stereocenters. The molecule has 1 saturated heterocycles. The minimum Gasteiger partial charge on any atom is -0.197 e. The smallest absolute Gasteiger partial charge is 0.106 e. The van der Waals surface area contributed by atoms with E-state index in [4.69, 9.17) is 5.26 Å². The zero-order chi connectivity index (χ0) is 9.03. The van der Waals surface area contributed by atoms with Gasteiger partial charge >= 0.3 is 0 Å². The van der Waals surface area contributed by atoms with Gasteiger partial charge in [0.05, 0.1) is 6.07 Å². The highest BCUT2D eigenvalue weighted by Crippen LogP contribution is 2.42. The Bertz CT molecular complexity index is 208. The minimum absolute atomic E-state index is 0.118. The molecular formula is C10H15NS. The second kappa shape index (κ2) is 4.00. The van der Waals surface area contributed by atoms with Crippen LogP contribution in [0.2, 0.25) is 0 Å². The van der Waals surface area contributed by atoms with Crippen LogP contribution in [0.5, 0.6) is 0 Å². The molecule has 66 valence electrons. The molecule has 2 heteroatoms. The number of rotatable bonds is 3. The highest BCUT2D eigenvalue weighted by molar-refractivity contribution is 8.01. The third-order valence-electron chi connectivity index (χ3n) is 2.34. The van der Waals surface area contributed by atoms with Gasteiger partial charge in [0.25, 0.3) is 0 Å². The van der Waals surface area contributed by atoms with Crippen molar-refractivity contribution < 1.29 is 0 Å². The molecule has 0 amide bonds. The van der Waals surface area contributed by atoms with Gasteiger partial charge in [-0.25, -0.2) is 0 Å². The van der Waals surface area contributed by atoms with Crippen LogP contribution in [0, 0.1) is 11.3 Å². The van der Waals surface area contributed by atoms with E-state index in [2.05, 4.69) is 19.6 Å². The number of thioether (sulfide) groups is 1. The quantitative estimate of drug-likeness (QED) is 0.624. The number of nitrogens with zero attached hydrogens (tertiary/aromatic N) is 1. The summed E-state index contributed by atoms with van der Waals surface area (Å²) in [6, 6.07) is 2.44. The molecule has 1 aliphatic rings. The van der Waals surface area contributed by atoms with E-state index in [1.165, 1.54) is 12.0 Å². The lowest BCUT2D eigenvalue weighted by Crippen LogP contribution is -2.18. The van der Waals surface area contributed by atoms with Crippen molar-refractivity contribution in [3.63, 3.8) is 0 Å². The third-order valence-corrected chi connectivity index (χ3v) is 3.83. The molecule has 0 saturated carbocycles. The molecule has 1 heterocycles. The third kappa shape index (κ3) is 2.04. The first-order valence-corrected chi connectivity index (χ1v) is 5.43. The maximum absolute atomic E-state index is 9.05. The monoisotopic (exact) mass is 181 g/mol. The molecule has 0 N–H and O–H groups in total. The molecule has 12 heavy (non-hydrogen) atoms. The van der Waals surface area contributed by atoms with Gasteiger partial charge in [0.15, 0.2) is 0 Å². The van der Waals surface area contributed by atoms with E-state index in [9.17, 15) is 0 Å². The van der Waals surface area contributed by atoms with E-state index in [0.717, 1.165) is 25.0 Å². The Morgan fingerprint density at radius 1 is 1.75 bits per heavy atom. The van der Waals surface area contributed by atoms with Gasteiger partial charge in [0.1, 0.15) is 4.75 Å². The van der Waals surface area contributed by atoms with Crippen molar-refractivity contribution >= 4 is 11.8 Å². The molecule has 0 bridgehead atoms. The number of hydrogen-bond donors (Lipinski definition) is 0. The summed E-state index contributed by atoms with van der Waals surface area (Å²) in [6.45, 7) is 6.07. The first-order valence-electron chi connectivity index (χ1n) is 4.44. The fraction of sp³-hybridized carbons (Fsp3) is 0.700. The van der Waals surface area contributed by atoms with Crippen molar-refractivity contribution in [3.05, 3.63) is 12.2 Å². The second-order valence-corrected chi connectivity index (χ2v) is 4.82. The Labute approximate surface area is 78.8 Å². The van der Waals surface area contributed by atoms with E-state index in [1.807, 2.05) is 11.8 Å². The molecule has 0 spiro atoms. The fourth-order valence-corrected chi connectivity index (χ4v) is 2.83. The lowest BCUT2D eigenvalue weighted by molar-refractivity contribution is 0.659. The number of hydrogen-bond acceptors (Lipinski definition) is 2. The van der Waals surface area contributed by atoms with Gasteiger partial charge in [-0.2, -0.15) is 5.26 Å². The zero-order valence-electron chi connectivity index (χ0n) is 7.60. The summed E-state index contributed by atoms with van der Waals surface area (Å²) in [7, 11) is 0. The molecule has 1 aliphatic heterocycles. The maximum Gasteiger partial charge on any atom is 0.106 e. The largest absolute Gasteiger partial charge is 0.197 e. The highest BCUT2D eigenvalue weighted by Gasteiger charge is 2.34. The molecular weight excluding hydrogens is 166 g/mol. The van der Waals surface area contributed by atoms with Crippen LogP contribution in [-0.2, 0) is 0 Å². The van der Waals surface area contributed by atoms with Gasteiger partial charge in [-0.05, 0) is 31.4 Å². The van der Waals surface area contributed by atoms with Gasteiger partial charge < -0.3 is 0 Å². The Morgan fingerprint density at radius 3 is 2.92 bits per heavy atom. The SMILES string of the molecule is C=C(CC)CC1(C#N)CCCS1. The molecule has 1 nitrogen and oxygen atoms in total. The molecule has 0 aliphatic carbocycles. The first-order chi connectivity index (χ1) is 5.72. The van der Waals surface area contributed by atoms with Crippen molar-refractivity contribution in [1.82, 2.24) is 0 Å². The Balaban J connectivity index is 2.57. The molecule has 1 unspecified atom stereocenters. The van der Waals surface area contributed by atoms with E-state index >= 15 is 0 Å². The average molecular weight is 181 g/mol. The van der Waals surface area contributed by atoms with Gasteiger partial charge in [-0.3, -0.25) is 0 Å². The summed E-state index contributed by atoms with van der Waals surface area (Å²) >= 11 is 1.81. The van der Waals surface area contributed by atoms with Crippen molar-refractivity contribution in [2.45, 2.75) is 37.4 Å². The molecule has 1 fully saturated rings. The molecule has 0 radical (unpaired) electrons. The number of nitriles is 1. The summed E-state index contributed by atoms with van der Waals surface area (Å²) < 4.78 is -0.118. The van der Waals surface area contributed by atoms with Crippen LogP contribution < -0.4 is 0 Å². The van der Waals surface area contributed by atoms with Gasteiger partial charge in [0.2, 0.25) is 0 Å². The first kappa shape index (κ1) is 9.67. The average Bonchev–Trinajstić information content (AvgIpc) is 2.54. The lowest BCUT2D eigenvalue weighted by Gasteiger charge is -2.19. The number of allylic oxidation sites excluding steroid dienone is 1. The Morgan fingerprint density at radius 2 is 2.50 bits per heavy atom. The summed E-state index contributed by atoms with van der Waals surface area (Å²) in [5.41, 5.74) is 1.21. The summed E-state index contributed by atoms with van der Waals surface area (Å²) in [5, 5.41) is 9.05. The van der Waals surface area contributed by atoms with Crippen molar-refractivity contribution in [2.24, 2.45) is 0 Å². The lowest BCUT2D eigenvalue weighted by atomic mass is 9.95. The van der Waals surface area contributed by atoms with E-state index in [-0.39, 0.29) is 4.75 Å². The summed E-state index contributed by atoms with van der Waals surface area (Å²) in [6.07, 6.45) is 4.14. The summed E-state index contributed by atoms with van der Waals surface area (Å²) in [5.74, 6) is 1.14. The molecule has 0 aromatic heterocycles. The Kier molecular flexibility index (Phi) is 3.22. The van der Waals surface area contributed by atoms with Crippen LogP contribution >= 0.6 is 11.8 Å². The Hall–Kier alpha value is -0.420. The van der Waals surface area contributed by atoms with Crippen LogP contribution in [0.15, 0.2) is 12.2 Å². The van der Waals surface area contributed by atoms with Crippen LogP contribution in [0.4, 0.5) is 0 Å². The standard InChI is InChI=1S/C10H15NS/c1-3-9(2)7-10(8-11)5-4-6-12-10/h2-7H2,1H3. The van der Waals surface area contributed by atoms with Crippen LogP contribution in [0.1, 0.15) is 32.6 Å². The predicted octanol–water partition coefficient (Wildman–Crippen LogP) is 3.13. The van der Waals surface area contributed by atoms with Gasteiger partial charge in [-0.1, -0.05) is 19.1 Å². The molecule has 0 aromatic rings. The van der Waals surface area contributed by atoms with Gasteiger partial charge in [0, 0.05) is 0 Å². The van der Waals surface area contributed by atoms with Crippen LogP contribution in [0.25, 0.3) is 0 Å². The van der Waals surface area contributed by atoms with Crippen molar-refractivity contribution in [3.8, 4) is 6.07 Å². The minimum atomic E-state index is -0.118. The highest BCUT2D eigenvalue weighted by atomic mass is 32.2. The van der Waals surface area contributed by atoms with E-state index in [0.29, 0.717) is 0 Å². The zero-order valence-corrected chi connectivity index (χ0v) is 8.41. The molecule has 1 rings (SSSR count). The molecule has 0 aromatic carbocycles. The maximum atomic E-state index is 9.05. The van der Waals surface area contributed by atoms with Gasteiger partial charge in [-0.15, -0.1) is 11.8 Å².